The van der Waals surface area contributed by atoms with Gasteiger partial charge in [-0.25, -0.2) is 8.42 Å². The van der Waals surface area contributed by atoms with Gasteiger partial charge in [-0.05, 0) is 34.8 Å². The van der Waals surface area contributed by atoms with Gasteiger partial charge in [0.2, 0.25) is 0 Å². The molecule has 1 fully saturated rings. The highest BCUT2D eigenvalue weighted by molar-refractivity contribution is 9.11. The zero-order valence-corrected chi connectivity index (χ0v) is 14.3. The molecular formula is C9H10Br2ClNO2S2. The summed E-state index contributed by atoms with van der Waals surface area (Å²) in [6.45, 7) is 0.500. The first-order valence-electron chi connectivity index (χ1n) is 4.99. The van der Waals surface area contributed by atoms with Crippen molar-refractivity contribution in [1.82, 2.24) is 4.31 Å². The van der Waals surface area contributed by atoms with Crippen molar-refractivity contribution in [2.75, 3.05) is 11.9 Å². The fraction of sp³-hybridized carbons (Fsp3) is 0.556. The fourth-order valence-electron chi connectivity index (χ4n) is 1.51. The van der Waals surface area contributed by atoms with E-state index in [-0.39, 0.29) is 6.04 Å². The van der Waals surface area contributed by atoms with Crippen LogP contribution in [0.25, 0.3) is 0 Å². The fourth-order valence-corrected chi connectivity index (χ4v) is 6.35. The molecule has 1 heterocycles. The summed E-state index contributed by atoms with van der Waals surface area (Å²) >= 11 is 13.6. The van der Waals surface area contributed by atoms with E-state index < -0.39 is 10.0 Å². The molecule has 1 saturated carbocycles. The monoisotopic (exact) mass is 421 g/mol. The highest BCUT2D eigenvalue weighted by atomic mass is 79.9. The van der Waals surface area contributed by atoms with Gasteiger partial charge in [-0.1, -0.05) is 27.5 Å². The van der Waals surface area contributed by atoms with Crippen LogP contribution in [-0.2, 0) is 10.0 Å². The molecule has 17 heavy (non-hydrogen) atoms. The lowest BCUT2D eigenvalue weighted by Crippen LogP contribution is -2.34. The Morgan fingerprint density at radius 3 is 2.59 bits per heavy atom. The first-order chi connectivity index (χ1) is 7.96. The molecule has 0 amide bonds. The minimum atomic E-state index is -3.39. The van der Waals surface area contributed by atoms with Crippen LogP contribution in [-0.4, -0.2) is 30.6 Å². The number of halogens is 3. The Morgan fingerprint density at radius 1 is 1.53 bits per heavy atom. The van der Waals surface area contributed by atoms with Crippen LogP contribution in [0.3, 0.4) is 0 Å². The molecule has 96 valence electrons. The third-order valence-electron chi connectivity index (χ3n) is 2.44. The van der Waals surface area contributed by atoms with Crippen LogP contribution in [0.5, 0.6) is 0 Å². The summed E-state index contributed by atoms with van der Waals surface area (Å²) in [5.74, 6) is 0. The molecule has 0 aromatic carbocycles. The number of alkyl halides is 1. The summed E-state index contributed by atoms with van der Waals surface area (Å²) in [6.07, 6.45) is 1.90. The van der Waals surface area contributed by atoms with Crippen LogP contribution >= 0.6 is 54.8 Å². The Labute approximate surface area is 126 Å². The maximum Gasteiger partial charge on any atom is 0.252 e. The molecule has 1 aliphatic carbocycles. The Morgan fingerprint density at radius 2 is 2.18 bits per heavy atom. The van der Waals surface area contributed by atoms with Crippen LogP contribution in [0.1, 0.15) is 12.8 Å². The Balaban J connectivity index is 2.33. The summed E-state index contributed by atoms with van der Waals surface area (Å²) in [4.78, 5) is 0. The summed E-state index contributed by atoms with van der Waals surface area (Å²) in [7, 11) is -3.39. The third-order valence-corrected chi connectivity index (χ3v) is 7.67. The van der Waals surface area contributed by atoms with Crippen molar-refractivity contribution < 1.29 is 8.42 Å². The summed E-state index contributed by atoms with van der Waals surface area (Å²) in [5.41, 5.74) is 0. The van der Waals surface area contributed by atoms with E-state index in [1.165, 1.54) is 6.07 Å². The zero-order valence-electron chi connectivity index (χ0n) is 8.70. The van der Waals surface area contributed by atoms with Crippen molar-refractivity contribution in [3.63, 3.8) is 0 Å². The highest BCUT2D eigenvalue weighted by Gasteiger charge is 2.38. The van der Waals surface area contributed by atoms with Crippen LogP contribution in [0.4, 0.5) is 0 Å². The normalized spacial score (nSPS) is 16.7. The molecule has 0 radical (unpaired) electrons. The van der Waals surface area contributed by atoms with Crippen molar-refractivity contribution >= 4 is 64.8 Å². The molecule has 0 atom stereocenters. The Hall–Kier alpha value is 0.860. The van der Waals surface area contributed by atoms with E-state index in [9.17, 15) is 8.42 Å². The lowest BCUT2D eigenvalue weighted by atomic mass is 10.6. The molecule has 0 N–H and O–H groups in total. The Kier molecular flexibility index (Phi) is 4.59. The van der Waals surface area contributed by atoms with Crippen LogP contribution < -0.4 is 0 Å². The van der Waals surface area contributed by atoms with Crippen molar-refractivity contribution in [2.24, 2.45) is 0 Å². The predicted molar refractivity (Wildman–Crippen MR) is 77.7 cm³/mol. The maximum absolute atomic E-state index is 12.4. The van der Waals surface area contributed by atoms with Gasteiger partial charge in [-0.15, -0.1) is 11.3 Å². The van der Waals surface area contributed by atoms with Gasteiger partial charge in [0.05, 0.1) is 8.81 Å². The second kappa shape index (κ2) is 5.46. The molecule has 0 spiro atoms. The molecule has 8 heteroatoms. The number of hydrogen-bond donors (Lipinski definition) is 0. The van der Waals surface area contributed by atoms with E-state index in [1.54, 1.807) is 4.31 Å². The molecule has 2 rings (SSSR count). The molecule has 1 aromatic rings. The van der Waals surface area contributed by atoms with Gasteiger partial charge in [0, 0.05) is 17.9 Å². The van der Waals surface area contributed by atoms with Gasteiger partial charge < -0.3 is 0 Å². The summed E-state index contributed by atoms with van der Waals surface area (Å²) < 4.78 is 27.3. The number of sulfonamides is 1. The van der Waals surface area contributed by atoms with Gasteiger partial charge in [0.25, 0.3) is 10.0 Å². The molecular weight excluding hydrogens is 413 g/mol. The molecule has 0 aliphatic heterocycles. The third kappa shape index (κ3) is 3.06. The number of hydrogen-bond acceptors (Lipinski definition) is 3. The summed E-state index contributed by atoms with van der Waals surface area (Å²) in [5, 5.41) is 1.09. The largest absolute Gasteiger partial charge is 0.252 e. The van der Waals surface area contributed by atoms with E-state index in [0.29, 0.717) is 24.9 Å². The van der Waals surface area contributed by atoms with Crippen LogP contribution in [0.2, 0.25) is 5.02 Å². The maximum atomic E-state index is 12.4. The predicted octanol–water partition coefficient (Wildman–Crippen LogP) is 3.71. The van der Waals surface area contributed by atoms with E-state index in [1.807, 2.05) is 0 Å². The zero-order chi connectivity index (χ0) is 12.6. The van der Waals surface area contributed by atoms with E-state index in [0.717, 1.165) is 24.2 Å². The quantitative estimate of drug-likeness (QED) is 0.677. The van der Waals surface area contributed by atoms with E-state index in [4.69, 9.17) is 11.6 Å². The standard InChI is InChI=1S/C9H10Br2ClNO2S2/c10-3-4-13(6-1-2-6)17(14,15)8-5-7(12)9(11)16-8/h5-6H,1-4H2. The first kappa shape index (κ1) is 14.3. The van der Waals surface area contributed by atoms with Crippen molar-refractivity contribution in [3.8, 4) is 0 Å². The van der Waals surface area contributed by atoms with Gasteiger partial charge >= 0.3 is 0 Å². The first-order valence-corrected chi connectivity index (χ1v) is 9.54. The van der Waals surface area contributed by atoms with Crippen molar-refractivity contribution in [2.45, 2.75) is 23.1 Å². The highest BCUT2D eigenvalue weighted by Crippen LogP contribution is 2.39. The summed E-state index contributed by atoms with van der Waals surface area (Å²) in [6, 6.07) is 1.67. The molecule has 0 unspecified atom stereocenters. The molecule has 0 saturated heterocycles. The van der Waals surface area contributed by atoms with Crippen molar-refractivity contribution in [3.05, 3.63) is 14.9 Å². The lowest BCUT2D eigenvalue weighted by molar-refractivity contribution is 0.425. The van der Waals surface area contributed by atoms with E-state index >= 15 is 0 Å². The average Bonchev–Trinajstić information content (AvgIpc) is 3.03. The van der Waals surface area contributed by atoms with Gasteiger partial charge in [-0.2, -0.15) is 4.31 Å². The molecule has 1 aromatic heterocycles. The van der Waals surface area contributed by atoms with Crippen LogP contribution in [0, 0.1) is 0 Å². The van der Waals surface area contributed by atoms with Gasteiger partial charge in [0.15, 0.2) is 0 Å². The second-order valence-electron chi connectivity index (χ2n) is 3.72. The minimum Gasteiger partial charge on any atom is -0.206 e. The number of thiophene rings is 1. The second-order valence-corrected chi connectivity index (χ2v) is 9.41. The average molecular weight is 424 g/mol. The number of rotatable bonds is 5. The number of nitrogens with zero attached hydrogens (tertiary/aromatic N) is 1. The SMILES string of the molecule is O=S(=O)(c1cc(Cl)c(Br)s1)N(CCBr)C1CC1. The minimum absolute atomic E-state index is 0.164. The lowest BCUT2D eigenvalue weighted by Gasteiger charge is -2.19. The smallest absolute Gasteiger partial charge is 0.206 e. The van der Waals surface area contributed by atoms with Gasteiger partial charge in [0.1, 0.15) is 4.21 Å². The van der Waals surface area contributed by atoms with E-state index in [2.05, 4.69) is 31.9 Å². The van der Waals surface area contributed by atoms with Crippen molar-refractivity contribution in [1.29, 1.82) is 0 Å². The van der Waals surface area contributed by atoms with Gasteiger partial charge in [-0.3, -0.25) is 0 Å². The topological polar surface area (TPSA) is 37.4 Å². The Bertz CT molecular complexity index is 494. The molecule has 0 bridgehead atoms. The molecule has 1 aliphatic rings. The molecule has 3 nitrogen and oxygen atoms in total. The van der Waals surface area contributed by atoms with Crippen LogP contribution in [0.15, 0.2) is 14.1 Å².